The van der Waals surface area contributed by atoms with Crippen LogP contribution in [0.25, 0.3) is 28.0 Å². The molecule has 5 heterocycles. The average molecular weight is 787 g/mol. The summed E-state index contributed by atoms with van der Waals surface area (Å²) in [6.45, 7) is 21.5. The minimum Gasteiger partial charge on any atom is -0.444 e. The molecule has 2 saturated heterocycles. The lowest BCUT2D eigenvalue weighted by molar-refractivity contribution is 0.00561. The van der Waals surface area contributed by atoms with E-state index in [-0.39, 0.29) is 44.2 Å². The highest BCUT2D eigenvalue weighted by Gasteiger charge is 2.46. The summed E-state index contributed by atoms with van der Waals surface area (Å²) in [5.41, 5.74) is 5.38. The summed E-state index contributed by atoms with van der Waals surface area (Å²) in [5.74, 6) is 0.747. The van der Waals surface area contributed by atoms with Crippen LogP contribution in [0.5, 0.6) is 0 Å². The average Bonchev–Trinajstić information content (AvgIpc) is 3.66. The van der Waals surface area contributed by atoms with Crippen molar-refractivity contribution in [2.75, 3.05) is 31.6 Å². The zero-order valence-corrected chi connectivity index (χ0v) is 36.5. The fraction of sp³-hybridized carbons (Fsp3) is 0.571. The molecule has 1 amide bonds. The van der Waals surface area contributed by atoms with Crippen LogP contribution in [0.2, 0.25) is 51.4 Å². The third-order valence-electron chi connectivity index (χ3n) is 10.6. The molecule has 11 nitrogen and oxygen atoms in total. The molecule has 13 heteroatoms. The Morgan fingerprint density at radius 1 is 0.873 bits per heavy atom. The number of pyridine rings is 1. The molecule has 2 unspecified atom stereocenters. The van der Waals surface area contributed by atoms with E-state index in [2.05, 4.69) is 62.4 Å². The predicted molar refractivity (Wildman–Crippen MR) is 225 cm³/mol. The van der Waals surface area contributed by atoms with E-state index in [1.807, 2.05) is 66.8 Å². The minimum absolute atomic E-state index is 0.0193. The van der Waals surface area contributed by atoms with Crippen LogP contribution in [-0.2, 0) is 20.8 Å². The van der Waals surface area contributed by atoms with Crippen LogP contribution < -0.4 is 4.90 Å². The van der Waals surface area contributed by atoms with E-state index in [0.29, 0.717) is 18.9 Å². The number of anilines is 1. The second kappa shape index (κ2) is 16.8. The number of amides is 1. The van der Waals surface area contributed by atoms with Gasteiger partial charge in [-0.1, -0.05) is 75.7 Å². The van der Waals surface area contributed by atoms with Gasteiger partial charge >= 0.3 is 6.09 Å². The fourth-order valence-electron chi connectivity index (χ4n) is 7.66. The van der Waals surface area contributed by atoms with E-state index >= 15 is 0 Å². The van der Waals surface area contributed by atoms with Gasteiger partial charge in [0.2, 0.25) is 0 Å². The molecule has 0 saturated carbocycles. The lowest BCUT2D eigenvalue weighted by atomic mass is 9.86. The molecular formula is C42H62N6O5Si2. The number of nitrogens with zero attached hydrogens (tertiary/aromatic N) is 6. The first-order valence-electron chi connectivity index (χ1n) is 20.0. The van der Waals surface area contributed by atoms with E-state index in [1.165, 1.54) is 0 Å². The van der Waals surface area contributed by atoms with Gasteiger partial charge in [-0.3, -0.25) is 4.98 Å². The van der Waals surface area contributed by atoms with Gasteiger partial charge in [0.15, 0.2) is 5.65 Å². The van der Waals surface area contributed by atoms with Gasteiger partial charge in [0.05, 0.1) is 24.2 Å². The molecule has 2 fully saturated rings. The Morgan fingerprint density at radius 3 is 2.02 bits per heavy atom. The summed E-state index contributed by atoms with van der Waals surface area (Å²) in [6, 6.07) is 16.4. The number of benzene rings is 1. The number of piperidine rings is 1. The van der Waals surface area contributed by atoms with Gasteiger partial charge in [-0.15, -0.1) is 0 Å². The van der Waals surface area contributed by atoms with Gasteiger partial charge in [-0.25, -0.2) is 9.78 Å². The maximum absolute atomic E-state index is 13.4. The van der Waals surface area contributed by atoms with E-state index in [4.69, 9.17) is 29.3 Å². The van der Waals surface area contributed by atoms with Crippen LogP contribution in [0.4, 0.5) is 10.6 Å². The third kappa shape index (κ3) is 10.2. The normalized spacial score (nSPS) is 18.9. The standard InChI is InChI=1S/C42H62N6O5Si2/c1-42(2,3)53-41(50)47-33-16-17-34(47)24-32(23-33)38-36(27-49)40(46(28-51-19-21-54(4,5)6)29-52-20-22-55(7,8)9)48-39(45-38)35(26-44-48)31-15-18-37(43-25-31)30-13-11-10-12-14-30/h10-15,18,25-26,32-34,49H,16-17,19-24,27-29H2,1-9H3. The first-order valence-corrected chi connectivity index (χ1v) is 27.4. The molecule has 3 aromatic heterocycles. The van der Waals surface area contributed by atoms with Gasteiger partial charge in [-0.05, 0) is 64.6 Å². The van der Waals surface area contributed by atoms with Crippen molar-refractivity contribution in [2.45, 2.75) is 128 Å². The van der Waals surface area contributed by atoms with Gasteiger partial charge < -0.3 is 29.1 Å². The SMILES string of the molecule is CC(C)(C)OC(=O)N1C2CCC1CC(c1nc3c(-c4ccc(-c5ccccc5)nc4)cnn3c(N(COCC[Si](C)(C)C)COCC[Si](C)(C)C)c1CO)C2. The summed E-state index contributed by atoms with van der Waals surface area (Å²) in [7, 11) is -2.66. The van der Waals surface area contributed by atoms with Crippen LogP contribution in [0.3, 0.4) is 0 Å². The van der Waals surface area contributed by atoms with E-state index < -0.39 is 21.7 Å². The maximum atomic E-state index is 13.4. The molecule has 2 bridgehead atoms. The molecule has 2 aliphatic rings. The molecule has 1 aromatic carbocycles. The molecule has 55 heavy (non-hydrogen) atoms. The van der Waals surface area contributed by atoms with Gasteiger partial charge in [0, 0.05) is 75.8 Å². The molecule has 4 aromatic rings. The van der Waals surface area contributed by atoms with Gasteiger partial charge in [0.1, 0.15) is 24.9 Å². The maximum Gasteiger partial charge on any atom is 0.410 e. The number of fused-ring (bicyclic) bond motifs is 3. The summed E-state index contributed by atoms with van der Waals surface area (Å²) < 4.78 is 20.5. The highest BCUT2D eigenvalue weighted by Crippen LogP contribution is 2.46. The van der Waals surface area contributed by atoms with Crippen molar-refractivity contribution < 1.29 is 24.1 Å². The first kappa shape index (κ1) is 41.0. The number of carbonyl (C=O) groups is 1. The summed E-state index contributed by atoms with van der Waals surface area (Å²) in [5, 5.41) is 16.2. The van der Waals surface area contributed by atoms with Crippen molar-refractivity contribution in [1.29, 1.82) is 0 Å². The Hall–Kier alpha value is -3.63. The molecule has 2 atom stereocenters. The van der Waals surface area contributed by atoms with E-state index in [9.17, 15) is 9.90 Å². The van der Waals surface area contributed by atoms with Crippen molar-refractivity contribution in [1.82, 2.24) is 24.5 Å². The van der Waals surface area contributed by atoms with Gasteiger partial charge in [0.25, 0.3) is 0 Å². The Kier molecular flexibility index (Phi) is 12.6. The molecule has 1 N–H and O–H groups in total. The largest absolute Gasteiger partial charge is 0.444 e. The summed E-state index contributed by atoms with van der Waals surface area (Å²) in [6.07, 6.45) is 6.81. The number of aliphatic hydroxyl groups is 1. The van der Waals surface area contributed by atoms with Crippen molar-refractivity contribution in [3.05, 3.63) is 66.1 Å². The Bertz CT molecular complexity index is 1870. The molecule has 2 aliphatic heterocycles. The number of aliphatic hydroxyl groups excluding tert-OH is 1. The van der Waals surface area contributed by atoms with Crippen LogP contribution in [-0.4, -0.2) is 96.2 Å². The topological polar surface area (TPSA) is 115 Å². The second-order valence-electron chi connectivity index (χ2n) is 18.7. The van der Waals surface area contributed by atoms with Crippen molar-refractivity contribution >= 4 is 33.7 Å². The Morgan fingerprint density at radius 2 is 1.49 bits per heavy atom. The zero-order valence-electron chi connectivity index (χ0n) is 34.5. The van der Waals surface area contributed by atoms with Crippen molar-refractivity contribution in [3.63, 3.8) is 0 Å². The number of hydrogen-bond acceptors (Lipinski definition) is 9. The van der Waals surface area contributed by atoms with Crippen LogP contribution in [0.1, 0.15) is 63.6 Å². The number of hydrogen-bond donors (Lipinski definition) is 1. The van der Waals surface area contributed by atoms with Crippen molar-refractivity contribution in [3.8, 4) is 22.4 Å². The lowest BCUT2D eigenvalue weighted by Gasteiger charge is -2.40. The first-order chi connectivity index (χ1) is 26.0. The molecular weight excluding hydrogens is 725 g/mol. The minimum atomic E-state index is -1.33. The molecule has 0 aliphatic carbocycles. The lowest BCUT2D eigenvalue weighted by Crippen LogP contribution is -2.48. The van der Waals surface area contributed by atoms with Crippen LogP contribution in [0, 0.1) is 0 Å². The fourth-order valence-corrected chi connectivity index (χ4v) is 9.17. The van der Waals surface area contributed by atoms with Gasteiger partial charge in [-0.2, -0.15) is 9.61 Å². The highest BCUT2D eigenvalue weighted by atomic mass is 28.3. The van der Waals surface area contributed by atoms with Crippen LogP contribution >= 0.6 is 0 Å². The second-order valence-corrected chi connectivity index (χ2v) is 30.0. The zero-order chi connectivity index (χ0) is 39.5. The molecule has 6 rings (SSSR count). The number of rotatable bonds is 15. The van der Waals surface area contributed by atoms with E-state index in [1.54, 1.807) is 0 Å². The molecule has 0 radical (unpaired) electrons. The number of ether oxygens (including phenoxy) is 3. The Balaban J connectivity index is 1.42. The quantitative estimate of drug-likeness (QED) is 0.0717. The third-order valence-corrected chi connectivity index (χ3v) is 14.0. The summed E-state index contributed by atoms with van der Waals surface area (Å²) >= 11 is 0. The van der Waals surface area contributed by atoms with Crippen molar-refractivity contribution in [2.24, 2.45) is 0 Å². The number of aromatic nitrogens is 4. The Labute approximate surface area is 329 Å². The number of carbonyl (C=O) groups excluding carboxylic acids is 1. The highest BCUT2D eigenvalue weighted by molar-refractivity contribution is 6.76. The van der Waals surface area contributed by atoms with Crippen LogP contribution in [0.15, 0.2) is 54.9 Å². The summed E-state index contributed by atoms with van der Waals surface area (Å²) in [4.78, 5) is 27.7. The van der Waals surface area contributed by atoms with E-state index in [0.717, 1.165) is 77.2 Å². The predicted octanol–water partition coefficient (Wildman–Crippen LogP) is 9.03. The monoisotopic (exact) mass is 786 g/mol. The smallest absolute Gasteiger partial charge is 0.410 e. The molecule has 298 valence electrons. The molecule has 0 spiro atoms.